The second-order valence-electron chi connectivity index (χ2n) is 7.28. The Hall–Kier alpha value is -2.92. The smallest absolute Gasteiger partial charge is 0.231 e. The monoisotopic (exact) mass is 375 g/mol. The highest BCUT2D eigenvalue weighted by atomic mass is 16.2. The van der Waals surface area contributed by atoms with Gasteiger partial charge in [-0.15, -0.1) is 0 Å². The number of carbonyl (C=O) groups is 2. The van der Waals surface area contributed by atoms with Crippen LogP contribution in [0.4, 0.5) is 0 Å². The van der Waals surface area contributed by atoms with Crippen LogP contribution in [-0.4, -0.2) is 52.4 Å². The molecule has 1 aliphatic heterocycles. The highest BCUT2D eigenvalue weighted by molar-refractivity contribution is 5.93. The Kier molecular flexibility index (Phi) is 5.53. The third-order valence-corrected chi connectivity index (χ3v) is 5.39. The van der Waals surface area contributed by atoms with Crippen LogP contribution in [-0.2, 0) is 11.3 Å². The van der Waals surface area contributed by atoms with Crippen molar-refractivity contribution in [1.82, 2.24) is 14.4 Å². The molecule has 2 aromatic carbocycles. The van der Waals surface area contributed by atoms with Crippen LogP contribution in [0.1, 0.15) is 23.2 Å². The van der Waals surface area contributed by atoms with E-state index in [0.29, 0.717) is 0 Å². The van der Waals surface area contributed by atoms with Gasteiger partial charge < -0.3 is 4.90 Å². The first kappa shape index (κ1) is 18.4. The molecular weight excluding hydrogens is 350 g/mol. The van der Waals surface area contributed by atoms with Gasteiger partial charge >= 0.3 is 0 Å². The zero-order valence-corrected chi connectivity index (χ0v) is 16.0. The fraction of sp³-hybridized carbons (Fsp3) is 0.304. The van der Waals surface area contributed by atoms with Gasteiger partial charge in [0.15, 0.2) is 0 Å². The summed E-state index contributed by atoms with van der Waals surface area (Å²) in [4.78, 5) is 29.4. The first-order valence-corrected chi connectivity index (χ1v) is 9.84. The van der Waals surface area contributed by atoms with E-state index in [9.17, 15) is 9.59 Å². The Bertz CT molecular complexity index is 956. The lowest BCUT2D eigenvalue weighted by molar-refractivity contribution is -0.133. The molecule has 144 valence electrons. The van der Waals surface area contributed by atoms with Crippen LogP contribution in [0.2, 0.25) is 0 Å². The maximum Gasteiger partial charge on any atom is 0.231 e. The van der Waals surface area contributed by atoms with Gasteiger partial charge in [-0.05, 0) is 17.7 Å². The maximum absolute atomic E-state index is 12.5. The highest BCUT2D eigenvalue weighted by Gasteiger charge is 2.22. The van der Waals surface area contributed by atoms with Crippen molar-refractivity contribution in [2.75, 3.05) is 26.2 Å². The number of rotatable bonds is 5. The fourth-order valence-corrected chi connectivity index (χ4v) is 3.79. The van der Waals surface area contributed by atoms with Crippen molar-refractivity contribution in [2.24, 2.45) is 0 Å². The molecule has 5 nitrogen and oxygen atoms in total. The van der Waals surface area contributed by atoms with Crippen LogP contribution in [0, 0.1) is 0 Å². The molecule has 0 aliphatic carbocycles. The molecule has 3 aromatic rings. The number of hydrogen-bond donors (Lipinski definition) is 0. The summed E-state index contributed by atoms with van der Waals surface area (Å²) in [5, 5.41) is 1.04. The molecule has 1 fully saturated rings. The van der Waals surface area contributed by atoms with Crippen molar-refractivity contribution in [3.63, 3.8) is 0 Å². The molecular formula is C23H25N3O2. The predicted molar refractivity (Wildman–Crippen MR) is 110 cm³/mol. The number of para-hydroxylation sites is 1. The third-order valence-electron chi connectivity index (χ3n) is 5.39. The number of benzene rings is 2. The van der Waals surface area contributed by atoms with Crippen molar-refractivity contribution in [3.8, 4) is 0 Å². The van der Waals surface area contributed by atoms with Crippen LogP contribution < -0.4 is 0 Å². The van der Waals surface area contributed by atoms with Gasteiger partial charge in [-0.1, -0.05) is 48.5 Å². The Labute approximate surface area is 165 Å². The minimum absolute atomic E-state index is 0.0303. The normalized spacial score (nSPS) is 15.1. The molecule has 0 bridgehead atoms. The van der Waals surface area contributed by atoms with Crippen molar-refractivity contribution < 1.29 is 9.59 Å². The zero-order chi connectivity index (χ0) is 19.3. The molecule has 0 radical (unpaired) electrons. The molecule has 1 saturated heterocycles. The topological polar surface area (TPSA) is 45.6 Å². The van der Waals surface area contributed by atoms with Gasteiger partial charge in [0.05, 0.1) is 5.52 Å². The van der Waals surface area contributed by atoms with Gasteiger partial charge in [-0.2, -0.15) is 0 Å². The van der Waals surface area contributed by atoms with E-state index in [-0.39, 0.29) is 24.7 Å². The molecule has 0 spiro atoms. The lowest BCUT2D eigenvalue weighted by atomic mass is 10.2. The Morgan fingerprint density at radius 2 is 1.43 bits per heavy atom. The first-order valence-electron chi connectivity index (χ1n) is 9.84. The maximum atomic E-state index is 12.5. The van der Waals surface area contributed by atoms with Crippen molar-refractivity contribution in [2.45, 2.75) is 19.4 Å². The van der Waals surface area contributed by atoms with Crippen LogP contribution >= 0.6 is 0 Å². The van der Waals surface area contributed by atoms with E-state index in [2.05, 4.69) is 29.2 Å². The molecule has 2 heterocycles. The summed E-state index contributed by atoms with van der Waals surface area (Å²) in [5.41, 5.74) is 2.20. The Balaban J connectivity index is 1.26. The third kappa shape index (κ3) is 4.15. The number of aromatic nitrogens is 1. The number of hydrogen-bond acceptors (Lipinski definition) is 3. The van der Waals surface area contributed by atoms with Crippen molar-refractivity contribution >= 4 is 22.7 Å². The van der Waals surface area contributed by atoms with Gasteiger partial charge in [0.2, 0.25) is 11.8 Å². The minimum atomic E-state index is -0.0303. The SMILES string of the molecule is O=C(CCC(=O)n1ccc2ccccc21)N1CCN(Cc2ccccc2)CC1. The molecule has 1 aliphatic rings. The molecule has 4 rings (SSSR count). The molecule has 0 saturated carbocycles. The first-order chi connectivity index (χ1) is 13.7. The average Bonchev–Trinajstić information content (AvgIpc) is 3.17. The van der Waals surface area contributed by atoms with Crippen LogP contribution in [0.25, 0.3) is 10.9 Å². The zero-order valence-electron chi connectivity index (χ0n) is 16.0. The van der Waals surface area contributed by atoms with E-state index in [1.807, 2.05) is 41.3 Å². The Morgan fingerprint density at radius 1 is 0.750 bits per heavy atom. The second-order valence-corrected chi connectivity index (χ2v) is 7.28. The van der Waals surface area contributed by atoms with Gasteiger partial charge in [-0.3, -0.25) is 19.1 Å². The second kappa shape index (κ2) is 8.40. The quantitative estimate of drug-likeness (QED) is 0.687. The van der Waals surface area contributed by atoms with Gasteiger partial charge in [0.1, 0.15) is 0 Å². The summed E-state index contributed by atoms with van der Waals surface area (Å²) in [5.74, 6) is 0.0430. The number of carbonyl (C=O) groups excluding carboxylic acids is 2. The average molecular weight is 375 g/mol. The number of fused-ring (bicyclic) bond motifs is 1. The molecule has 5 heteroatoms. The van der Waals surface area contributed by atoms with E-state index in [4.69, 9.17) is 0 Å². The summed E-state index contributed by atoms with van der Waals surface area (Å²) in [7, 11) is 0. The van der Waals surface area contributed by atoms with Crippen LogP contribution in [0.5, 0.6) is 0 Å². The number of amides is 1. The molecule has 28 heavy (non-hydrogen) atoms. The van der Waals surface area contributed by atoms with Crippen molar-refractivity contribution in [1.29, 1.82) is 0 Å². The van der Waals surface area contributed by atoms with Gasteiger partial charge in [0, 0.05) is 57.1 Å². The van der Waals surface area contributed by atoms with Crippen LogP contribution in [0.3, 0.4) is 0 Å². The van der Waals surface area contributed by atoms with E-state index >= 15 is 0 Å². The van der Waals surface area contributed by atoms with E-state index in [1.54, 1.807) is 10.8 Å². The number of nitrogens with zero attached hydrogens (tertiary/aromatic N) is 3. The molecule has 0 N–H and O–H groups in total. The summed E-state index contributed by atoms with van der Waals surface area (Å²) in [6.45, 7) is 4.12. The molecule has 1 aromatic heterocycles. The van der Waals surface area contributed by atoms with Gasteiger partial charge in [0.25, 0.3) is 0 Å². The van der Waals surface area contributed by atoms with E-state index in [1.165, 1.54) is 5.56 Å². The number of piperazine rings is 1. The van der Waals surface area contributed by atoms with Gasteiger partial charge in [-0.25, -0.2) is 0 Å². The summed E-state index contributed by atoms with van der Waals surface area (Å²) >= 11 is 0. The predicted octanol–water partition coefficient (Wildman–Crippen LogP) is 3.41. The summed E-state index contributed by atoms with van der Waals surface area (Å²) in [6.07, 6.45) is 2.30. The molecule has 1 amide bonds. The molecule has 0 atom stereocenters. The minimum Gasteiger partial charge on any atom is -0.340 e. The highest BCUT2D eigenvalue weighted by Crippen LogP contribution is 2.16. The fourth-order valence-electron chi connectivity index (χ4n) is 3.79. The summed E-state index contributed by atoms with van der Waals surface area (Å²) < 4.78 is 1.65. The standard InChI is InChI=1S/C23H25N3O2/c27-22(10-11-23(28)26-13-12-20-8-4-5-9-21(20)26)25-16-14-24(15-17-25)18-19-6-2-1-3-7-19/h1-9,12-13H,10-11,14-18H2. The Morgan fingerprint density at radius 3 is 2.21 bits per heavy atom. The summed E-state index contributed by atoms with van der Waals surface area (Å²) in [6, 6.07) is 20.1. The van der Waals surface area contributed by atoms with E-state index < -0.39 is 0 Å². The molecule has 0 unspecified atom stereocenters. The van der Waals surface area contributed by atoms with Crippen molar-refractivity contribution in [3.05, 3.63) is 72.4 Å². The lowest BCUT2D eigenvalue weighted by Crippen LogP contribution is -2.48. The van der Waals surface area contributed by atoms with Crippen LogP contribution in [0.15, 0.2) is 66.9 Å². The van der Waals surface area contributed by atoms with E-state index in [0.717, 1.165) is 43.6 Å². The largest absolute Gasteiger partial charge is 0.340 e. The lowest BCUT2D eigenvalue weighted by Gasteiger charge is -2.34.